The molecule has 0 radical (unpaired) electrons. The average Bonchev–Trinajstić information content (AvgIpc) is 3.47. The highest BCUT2D eigenvalue weighted by Gasteiger charge is 2.70. The number of nitrogens with zero attached hydrogens (tertiary/aromatic N) is 1. The van der Waals surface area contributed by atoms with Crippen LogP contribution in [0.15, 0.2) is 30.3 Å². The number of aromatic carboxylic acids is 1. The Hall–Kier alpha value is -2.18. The number of ether oxygens (including phenoxy) is 1. The van der Waals surface area contributed by atoms with Crippen LogP contribution in [0.1, 0.15) is 115 Å². The van der Waals surface area contributed by atoms with Gasteiger partial charge in [0.05, 0.1) is 24.2 Å². The second-order valence-electron chi connectivity index (χ2n) is 17.5. The van der Waals surface area contributed by atoms with E-state index in [0.717, 1.165) is 58.7 Å². The van der Waals surface area contributed by atoms with E-state index in [1.165, 1.54) is 56.1 Å². The molecule has 1 heterocycles. The minimum Gasteiger partial charge on any atom is -0.478 e. The van der Waals surface area contributed by atoms with Crippen molar-refractivity contribution in [3.63, 3.8) is 0 Å². The Bertz CT molecular complexity index is 1380. The molecule has 4 saturated carbocycles. The third-order valence-corrected chi connectivity index (χ3v) is 15.7. The van der Waals surface area contributed by atoms with Gasteiger partial charge >= 0.3 is 5.97 Å². The van der Waals surface area contributed by atoms with Gasteiger partial charge in [0, 0.05) is 26.2 Å². The minimum atomic E-state index is -0.867. The number of rotatable bonds is 6. The predicted octanol–water partition coefficient (Wildman–Crippen LogP) is 7.68. The van der Waals surface area contributed by atoms with Crippen LogP contribution in [0.25, 0.3) is 5.57 Å². The Morgan fingerprint density at radius 3 is 2.33 bits per heavy atom. The Morgan fingerprint density at radius 2 is 1.61 bits per heavy atom. The van der Waals surface area contributed by atoms with Crippen molar-refractivity contribution >= 4 is 17.4 Å². The zero-order valence-electron chi connectivity index (χ0n) is 29.1. The van der Waals surface area contributed by atoms with Crippen molar-refractivity contribution in [1.82, 2.24) is 10.2 Å². The fourth-order valence-corrected chi connectivity index (χ4v) is 13.2. The van der Waals surface area contributed by atoms with Crippen molar-refractivity contribution in [2.75, 3.05) is 39.4 Å². The number of nitrogens with one attached hydrogen (secondary N) is 1. The normalized spacial score (nSPS) is 41.7. The van der Waals surface area contributed by atoms with E-state index in [4.69, 9.17) is 4.74 Å². The smallest absolute Gasteiger partial charge is 0.335 e. The number of morpholine rings is 1. The Morgan fingerprint density at radius 1 is 0.870 bits per heavy atom. The molecule has 46 heavy (non-hydrogen) atoms. The van der Waals surface area contributed by atoms with Crippen molar-refractivity contribution in [3.8, 4) is 0 Å². The number of hydrogen-bond donors (Lipinski definition) is 2. The van der Waals surface area contributed by atoms with E-state index < -0.39 is 5.97 Å². The first kappa shape index (κ1) is 32.4. The van der Waals surface area contributed by atoms with Crippen molar-refractivity contribution < 1.29 is 19.4 Å². The third-order valence-electron chi connectivity index (χ3n) is 15.7. The molecule has 8 atom stereocenters. The van der Waals surface area contributed by atoms with E-state index in [2.05, 4.69) is 50.9 Å². The van der Waals surface area contributed by atoms with Gasteiger partial charge in [-0.3, -0.25) is 9.69 Å². The summed E-state index contributed by atoms with van der Waals surface area (Å²) >= 11 is 0. The van der Waals surface area contributed by atoms with Gasteiger partial charge in [0.2, 0.25) is 5.91 Å². The second kappa shape index (κ2) is 11.5. The molecule has 0 bridgehead atoms. The lowest BCUT2D eigenvalue weighted by atomic mass is 9.32. The number of carboxylic acids is 1. The van der Waals surface area contributed by atoms with Crippen LogP contribution in [-0.2, 0) is 9.53 Å². The molecular weight excluding hydrogens is 572 g/mol. The third kappa shape index (κ3) is 4.70. The maximum absolute atomic E-state index is 14.1. The van der Waals surface area contributed by atoms with E-state index in [1.54, 1.807) is 12.1 Å². The number of carboxylic acid groups (broad SMARTS) is 1. The van der Waals surface area contributed by atoms with Crippen LogP contribution >= 0.6 is 0 Å². The summed E-state index contributed by atoms with van der Waals surface area (Å²) < 4.78 is 5.51. The SMILES string of the molecule is CC1(C)C(c2ccc(C(=O)O)cc2)=CCC2(C)C1CCC1(C)C2CCC2C3CCCC3(C(=O)NCCN3CCOCC3)CC[C@]21C. The van der Waals surface area contributed by atoms with E-state index in [0.29, 0.717) is 35.1 Å². The van der Waals surface area contributed by atoms with Gasteiger partial charge in [-0.25, -0.2) is 4.79 Å². The number of hydrogen-bond acceptors (Lipinski definition) is 4. The fraction of sp³-hybridized carbons (Fsp3) is 0.750. The number of allylic oxidation sites excluding steroid dienone is 2. The molecule has 1 saturated heterocycles. The summed E-state index contributed by atoms with van der Waals surface area (Å²) in [7, 11) is 0. The zero-order chi connectivity index (χ0) is 32.5. The fourth-order valence-electron chi connectivity index (χ4n) is 13.2. The molecule has 0 aromatic heterocycles. The largest absolute Gasteiger partial charge is 0.478 e. The molecule has 1 aliphatic heterocycles. The highest BCUT2D eigenvalue weighted by molar-refractivity contribution is 5.88. The molecule has 1 amide bonds. The minimum absolute atomic E-state index is 0.0172. The molecular formula is C40H58N2O4. The van der Waals surface area contributed by atoms with E-state index >= 15 is 0 Å². The number of carbonyl (C=O) groups excluding carboxylic acids is 1. The van der Waals surface area contributed by atoms with E-state index in [9.17, 15) is 14.7 Å². The number of benzene rings is 1. The molecule has 7 rings (SSSR count). The van der Waals surface area contributed by atoms with Crippen molar-refractivity contribution in [1.29, 1.82) is 0 Å². The molecule has 6 heteroatoms. The summed E-state index contributed by atoms with van der Waals surface area (Å²) in [5, 5.41) is 12.9. The standard InChI is InChI=1S/C40H58N2O4/c1-36(2)29(27-8-10-28(11-9-27)34(43)44)14-17-37(3)32(36)15-18-39(5)33(37)13-12-30-31-7-6-16-40(31,20-19-38(30,39)4)35(45)41-21-22-42-23-25-46-26-24-42/h8-11,14,30-33H,6-7,12-13,15-26H2,1-5H3,(H,41,45)(H,43,44)/t30?,31?,32?,33?,37?,38-,39?,40?/m1/s1. The first-order chi connectivity index (χ1) is 21.9. The summed E-state index contributed by atoms with van der Waals surface area (Å²) in [5.41, 5.74) is 3.53. The molecule has 1 aromatic carbocycles. The molecule has 1 aromatic rings. The number of fused-ring (bicyclic) bond motifs is 7. The average molecular weight is 631 g/mol. The highest BCUT2D eigenvalue weighted by Crippen LogP contribution is 2.77. The molecule has 6 nitrogen and oxygen atoms in total. The molecule has 7 unspecified atom stereocenters. The molecule has 6 aliphatic rings. The van der Waals surface area contributed by atoms with Crippen LogP contribution in [0.5, 0.6) is 0 Å². The zero-order valence-corrected chi connectivity index (χ0v) is 29.1. The van der Waals surface area contributed by atoms with Crippen molar-refractivity contribution in [2.24, 2.45) is 50.7 Å². The molecule has 252 valence electrons. The van der Waals surface area contributed by atoms with Crippen LogP contribution in [0.2, 0.25) is 0 Å². The van der Waals surface area contributed by atoms with Crippen LogP contribution in [0, 0.1) is 50.7 Å². The van der Waals surface area contributed by atoms with Gasteiger partial charge in [0.25, 0.3) is 0 Å². The van der Waals surface area contributed by atoms with Gasteiger partial charge in [-0.15, -0.1) is 0 Å². The lowest BCUT2D eigenvalue weighted by Gasteiger charge is -2.72. The monoisotopic (exact) mass is 630 g/mol. The predicted molar refractivity (Wildman–Crippen MR) is 182 cm³/mol. The molecule has 2 N–H and O–H groups in total. The summed E-state index contributed by atoms with van der Waals surface area (Å²) in [6.45, 7) is 18.1. The maximum atomic E-state index is 14.1. The number of carbonyl (C=O) groups is 2. The second-order valence-corrected chi connectivity index (χ2v) is 17.5. The van der Waals surface area contributed by atoms with Gasteiger partial charge in [-0.2, -0.15) is 0 Å². The molecule has 0 spiro atoms. The maximum Gasteiger partial charge on any atom is 0.335 e. The van der Waals surface area contributed by atoms with Gasteiger partial charge in [0.1, 0.15) is 0 Å². The Labute approximate surface area is 277 Å². The van der Waals surface area contributed by atoms with Gasteiger partial charge in [-0.05, 0) is 126 Å². The van der Waals surface area contributed by atoms with Crippen LogP contribution in [0.3, 0.4) is 0 Å². The molecule has 5 aliphatic carbocycles. The quantitative estimate of drug-likeness (QED) is 0.337. The Kier molecular flexibility index (Phi) is 8.07. The summed E-state index contributed by atoms with van der Waals surface area (Å²) in [6.07, 6.45) is 14.4. The van der Waals surface area contributed by atoms with E-state index in [1.807, 2.05) is 12.1 Å². The van der Waals surface area contributed by atoms with Crippen molar-refractivity contribution in [2.45, 2.75) is 98.8 Å². The lowest BCUT2D eigenvalue weighted by molar-refractivity contribution is -0.222. The van der Waals surface area contributed by atoms with Gasteiger partial charge in [0.15, 0.2) is 0 Å². The van der Waals surface area contributed by atoms with Crippen LogP contribution in [0.4, 0.5) is 0 Å². The first-order valence-corrected chi connectivity index (χ1v) is 18.5. The highest BCUT2D eigenvalue weighted by atomic mass is 16.5. The number of amides is 1. The van der Waals surface area contributed by atoms with Crippen LogP contribution in [-0.4, -0.2) is 61.3 Å². The van der Waals surface area contributed by atoms with Crippen molar-refractivity contribution in [3.05, 3.63) is 41.5 Å². The summed E-state index contributed by atoms with van der Waals surface area (Å²) in [5.74, 6) is 1.89. The first-order valence-electron chi connectivity index (χ1n) is 18.5. The topological polar surface area (TPSA) is 78.9 Å². The molecule has 5 fully saturated rings. The van der Waals surface area contributed by atoms with E-state index in [-0.39, 0.29) is 27.1 Å². The van der Waals surface area contributed by atoms with Gasteiger partial charge in [-0.1, -0.05) is 59.2 Å². The summed E-state index contributed by atoms with van der Waals surface area (Å²) in [4.78, 5) is 28.0. The van der Waals surface area contributed by atoms with Gasteiger partial charge < -0.3 is 15.2 Å². The summed E-state index contributed by atoms with van der Waals surface area (Å²) in [6, 6.07) is 7.57. The van der Waals surface area contributed by atoms with Crippen LogP contribution < -0.4 is 5.32 Å². The Balaban J connectivity index is 1.12. The lowest BCUT2D eigenvalue weighted by Crippen LogP contribution is -2.66.